The zero-order valence-corrected chi connectivity index (χ0v) is 10.5. The van der Waals surface area contributed by atoms with Crippen LogP contribution in [0.3, 0.4) is 0 Å². The SMILES string of the molecule is C[C@@H](N)CC1CN(Cc2ccccc2)CCO1. The van der Waals surface area contributed by atoms with Crippen LogP contribution < -0.4 is 5.73 Å². The Labute approximate surface area is 104 Å². The van der Waals surface area contributed by atoms with Gasteiger partial charge in [-0.25, -0.2) is 0 Å². The molecule has 0 radical (unpaired) electrons. The Kier molecular flexibility index (Phi) is 4.54. The van der Waals surface area contributed by atoms with Crippen molar-refractivity contribution in [1.29, 1.82) is 0 Å². The van der Waals surface area contributed by atoms with Gasteiger partial charge in [-0.15, -0.1) is 0 Å². The van der Waals surface area contributed by atoms with Gasteiger partial charge in [-0.2, -0.15) is 0 Å². The molecule has 0 aromatic heterocycles. The first kappa shape index (κ1) is 12.6. The predicted octanol–water partition coefficient (Wildman–Crippen LogP) is 1.62. The van der Waals surface area contributed by atoms with E-state index < -0.39 is 0 Å². The molecule has 2 N–H and O–H groups in total. The van der Waals surface area contributed by atoms with E-state index in [9.17, 15) is 0 Å². The molecule has 94 valence electrons. The number of rotatable bonds is 4. The molecule has 1 fully saturated rings. The fourth-order valence-electron chi connectivity index (χ4n) is 2.32. The number of hydrogen-bond donors (Lipinski definition) is 1. The lowest BCUT2D eigenvalue weighted by atomic mass is 10.1. The molecule has 0 amide bonds. The average molecular weight is 234 g/mol. The van der Waals surface area contributed by atoms with Crippen molar-refractivity contribution in [2.75, 3.05) is 19.7 Å². The van der Waals surface area contributed by atoms with Crippen LogP contribution in [-0.2, 0) is 11.3 Å². The van der Waals surface area contributed by atoms with E-state index in [4.69, 9.17) is 10.5 Å². The van der Waals surface area contributed by atoms with Gasteiger partial charge in [-0.1, -0.05) is 30.3 Å². The van der Waals surface area contributed by atoms with Crippen LogP contribution in [0.4, 0.5) is 0 Å². The minimum Gasteiger partial charge on any atom is -0.375 e. The fraction of sp³-hybridized carbons (Fsp3) is 0.571. The molecular formula is C14H22N2O. The van der Waals surface area contributed by atoms with Gasteiger partial charge in [0.15, 0.2) is 0 Å². The minimum atomic E-state index is 0.219. The van der Waals surface area contributed by atoms with E-state index in [1.54, 1.807) is 0 Å². The van der Waals surface area contributed by atoms with Crippen molar-refractivity contribution in [3.05, 3.63) is 35.9 Å². The van der Waals surface area contributed by atoms with Crippen molar-refractivity contribution in [1.82, 2.24) is 4.90 Å². The third-order valence-corrected chi connectivity index (χ3v) is 3.11. The molecule has 17 heavy (non-hydrogen) atoms. The Morgan fingerprint density at radius 2 is 2.18 bits per heavy atom. The fourth-order valence-corrected chi connectivity index (χ4v) is 2.32. The Morgan fingerprint density at radius 3 is 2.88 bits per heavy atom. The van der Waals surface area contributed by atoms with Crippen LogP contribution in [0, 0.1) is 0 Å². The number of ether oxygens (including phenoxy) is 1. The summed E-state index contributed by atoms with van der Waals surface area (Å²) in [5, 5.41) is 0. The number of morpholine rings is 1. The maximum absolute atomic E-state index is 5.82. The number of hydrogen-bond acceptors (Lipinski definition) is 3. The summed E-state index contributed by atoms with van der Waals surface area (Å²) < 4.78 is 5.74. The summed E-state index contributed by atoms with van der Waals surface area (Å²) in [7, 11) is 0. The highest BCUT2D eigenvalue weighted by molar-refractivity contribution is 5.14. The Balaban J connectivity index is 1.85. The lowest BCUT2D eigenvalue weighted by Crippen LogP contribution is -2.43. The average Bonchev–Trinajstić information content (AvgIpc) is 2.30. The topological polar surface area (TPSA) is 38.5 Å². The first-order valence-electron chi connectivity index (χ1n) is 6.37. The van der Waals surface area contributed by atoms with Crippen LogP contribution in [0.1, 0.15) is 18.9 Å². The van der Waals surface area contributed by atoms with Crippen LogP contribution in [-0.4, -0.2) is 36.7 Å². The van der Waals surface area contributed by atoms with Crippen molar-refractivity contribution in [2.45, 2.75) is 32.0 Å². The van der Waals surface area contributed by atoms with Gasteiger partial charge in [0.25, 0.3) is 0 Å². The molecule has 1 aliphatic heterocycles. The number of benzene rings is 1. The standard InChI is InChI=1S/C14H22N2O/c1-12(15)9-14-11-16(7-8-17-14)10-13-5-3-2-4-6-13/h2-6,12,14H,7-11,15H2,1H3/t12-,14?/m1/s1. The normalized spacial score (nSPS) is 23.5. The lowest BCUT2D eigenvalue weighted by molar-refractivity contribution is -0.0368. The second kappa shape index (κ2) is 6.15. The summed E-state index contributed by atoms with van der Waals surface area (Å²) in [6.07, 6.45) is 1.25. The highest BCUT2D eigenvalue weighted by Gasteiger charge is 2.21. The van der Waals surface area contributed by atoms with Gasteiger partial charge in [-0.05, 0) is 18.9 Å². The first-order chi connectivity index (χ1) is 8.24. The molecular weight excluding hydrogens is 212 g/mol. The highest BCUT2D eigenvalue weighted by Crippen LogP contribution is 2.13. The van der Waals surface area contributed by atoms with E-state index in [2.05, 4.69) is 35.2 Å². The molecule has 1 saturated heterocycles. The second-order valence-electron chi connectivity index (χ2n) is 4.93. The molecule has 1 aromatic rings. The van der Waals surface area contributed by atoms with Crippen molar-refractivity contribution < 1.29 is 4.74 Å². The quantitative estimate of drug-likeness (QED) is 0.860. The Bertz CT molecular complexity index is 326. The third kappa shape index (κ3) is 4.11. The molecule has 3 heteroatoms. The van der Waals surface area contributed by atoms with Crippen molar-refractivity contribution in [3.63, 3.8) is 0 Å². The van der Waals surface area contributed by atoms with Crippen molar-refractivity contribution in [2.24, 2.45) is 5.73 Å². The molecule has 1 heterocycles. The Morgan fingerprint density at radius 1 is 1.41 bits per heavy atom. The number of nitrogens with two attached hydrogens (primary N) is 1. The molecule has 2 rings (SSSR count). The maximum Gasteiger partial charge on any atom is 0.0717 e. The van der Waals surface area contributed by atoms with Gasteiger partial charge in [0, 0.05) is 25.7 Å². The molecule has 0 aliphatic carbocycles. The molecule has 0 spiro atoms. The monoisotopic (exact) mass is 234 g/mol. The van der Waals surface area contributed by atoms with Crippen molar-refractivity contribution in [3.8, 4) is 0 Å². The van der Waals surface area contributed by atoms with E-state index in [1.807, 2.05) is 6.92 Å². The van der Waals surface area contributed by atoms with Crippen LogP contribution in [0.5, 0.6) is 0 Å². The van der Waals surface area contributed by atoms with Gasteiger partial charge < -0.3 is 10.5 Å². The molecule has 2 atom stereocenters. The van der Waals surface area contributed by atoms with E-state index in [1.165, 1.54) is 5.56 Å². The summed E-state index contributed by atoms with van der Waals surface area (Å²) in [4.78, 5) is 2.45. The van der Waals surface area contributed by atoms with Gasteiger partial charge in [0.1, 0.15) is 0 Å². The summed E-state index contributed by atoms with van der Waals surface area (Å²) >= 11 is 0. The van der Waals surface area contributed by atoms with Gasteiger partial charge in [0.05, 0.1) is 12.7 Å². The summed E-state index contributed by atoms with van der Waals surface area (Å²) in [6, 6.07) is 10.8. The zero-order chi connectivity index (χ0) is 12.1. The maximum atomic E-state index is 5.82. The minimum absolute atomic E-state index is 0.219. The van der Waals surface area contributed by atoms with E-state index >= 15 is 0 Å². The zero-order valence-electron chi connectivity index (χ0n) is 10.5. The molecule has 1 unspecified atom stereocenters. The van der Waals surface area contributed by atoms with Crippen LogP contribution in [0.2, 0.25) is 0 Å². The first-order valence-corrected chi connectivity index (χ1v) is 6.37. The molecule has 1 aromatic carbocycles. The molecule has 3 nitrogen and oxygen atoms in total. The summed E-state index contributed by atoms with van der Waals surface area (Å²) in [5.41, 5.74) is 7.19. The van der Waals surface area contributed by atoms with Crippen molar-refractivity contribution >= 4 is 0 Å². The van der Waals surface area contributed by atoms with E-state index in [0.29, 0.717) is 6.10 Å². The summed E-state index contributed by atoms with van der Waals surface area (Å²) in [5.74, 6) is 0. The smallest absolute Gasteiger partial charge is 0.0717 e. The lowest BCUT2D eigenvalue weighted by Gasteiger charge is -2.33. The second-order valence-corrected chi connectivity index (χ2v) is 4.93. The Hall–Kier alpha value is -0.900. The largest absolute Gasteiger partial charge is 0.375 e. The molecule has 1 aliphatic rings. The van der Waals surface area contributed by atoms with Gasteiger partial charge >= 0.3 is 0 Å². The van der Waals surface area contributed by atoms with Crippen LogP contribution in [0.25, 0.3) is 0 Å². The van der Waals surface area contributed by atoms with Crippen LogP contribution in [0.15, 0.2) is 30.3 Å². The van der Waals surface area contributed by atoms with Gasteiger partial charge in [-0.3, -0.25) is 4.90 Å². The number of nitrogens with zero attached hydrogens (tertiary/aromatic N) is 1. The third-order valence-electron chi connectivity index (χ3n) is 3.11. The summed E-state index contributed by atoms with van der Waals surface area (Å²) in [6.45, 7) is 5.89. The molecule has 0 saturated carbocycles. The van der Waals surface area contributed by atoms with Gasteiger partial charge in [0.2, 0.25) is 0 Å². The molecule has 0 bridgehead atoms. The highest BCUT2D eigenvalue weighted by atomic mass is 16.5. The van der Waals surface area contributed by atoms with E-state index in [0.717, 1.165) is 32.7 Å². The van der Waals surface area contributed by atoms with E-state index in [-0.39, 0.29) is 6.04 Å². The van der Waals surface area contributed by atoms with Crippen LogP contribution >= 0.6 is 0 Å². The predicted molar refractivity (Wildman–Crippen MR) is 69.7 cm³/mol.